The van der Waals surface area contributed by atoms with Gasteiger partial charge in [0.15, 0.2) is 0 Å². The highest BCUT2D eigenvalue weighted by Gasteiger charge is 2.37. The van der Waals surface area contributed by atoms with Crippen molar-refractivity contribution in [1.29, 1.82) is 0 Å². The fourth-order valence-electron chi connectivity index (χ4n) is 2.85. The van der Waals surface area contributed by atoms with E-state index in [1.807, 2.05) is 11.0 Å². The fraction of sp³-hybridized carbons (Fsp3) is 0.600. The molecule has 0 saturated heterocycles. The third-order valence-electron chi connectivity index (χ3n) is 4.48. The lowest BCUT2D eigenvalue weighted by Gasteiger charge is -2.21. The van der Waals surface area contributed by atoms with Gasteiger partial charge < -0.3 is 9.32 Å². The van der Waals surface area contributed by atoms with Crippen LogP contribution in [0.2, 0.25) is 0 Å². The van der Waals surface area contributed by atoms with E-state index < -0.39 is 0 Å². The first kappa shape index (κ1) is 13.5. The van der Waals surface area contributed by atoms with Crippen molar-refractivity contribution in [1.82, 2.24) is 25.1 Å². The van der Waals surface area contributed by atoms with Crippen LogP contribution in [-0.4, -0.2) is 37.1 Å². The quantitative estimate of drug-likeness (QED) is 0.809. The lowest BCUT2D eigenvalue weighted by Crippen LogP contribution is -2.35. The maximum Gasteiger partial charge on any atom is 0.245 e. The van der Waals surface area contributed by atoms with Crippen molar-refractivity contribution in [2.75, 3.05) is 0 Å². The Labute approximate surface area is 128 Å². The zero-order valence-corrected chi connectivity index (χ0v) is 12.6. The third kappa shape index (κ3) is 2.75. The van der Waals surface area contributed by atoms with Crippen molar-refractivity contribution in [2.45, 2.75) is 51.2 Å². The van der Waals surface area contributed by atoms with Crippen LogP contribution in [0.4, 0.5) is 0 Å². The molecule has 2 heterocycles. The molecule has 0 bridgehead atoms. The predicted molar refractivity (Wildman–Crippen MR) is 76.6 cm³/mol. The Morgan fingerprint density at radius 3 is 2.91 bits per heavy atom. The van der Waals surface area contributed by atoms with Crippen molar-refractivity contribution in [3.8, 4) is 0 Å². The van der Waals surface area contributed by atoms with Crippen LogP contribution in [0.3, 0.4) is 0 Å². The molecule has 0 spiro atoms. The maximum atomic E-state index is 12.5. The van der Waals surface area contributed by atoms with Crippen LogP contribution in [0, 0.1) is 5.92 Å². The highest BCUT2D eigenvalue weighted by Crippen LogP contribution is 2.47. The van der Waals surface area contributed by atoms with Gasteiger partial charge in [-0.25, -0.2) is 4.68 Å². The van der Waals surface area contributed by atoms with Crippen LogP contribution in [0.1, 0.15) is 43.6 Å². The minimum atomic E-state index is 0.0348. The summed E-state index contributed by atoms with van der Waals surface area (Å²) in [5.74, 6) is 3.25. The van der Waals surface area contributed by atoms with Crippen LogP contribution in [-0.2, 0) is 17.9 Å². The molecule has 0 N–H and O–H groups in total. The molecular formula is C15H19N5O2. The van der Waals surface area contributed by atoms with E-state index in [1.54, 1.807) is 0 Å². The van der Waals surface area contributed by atoms with Crippen LogP contribution in [0.25, 0.3) is 0 Å². The highest BCUT2D eigenvalue weighted by atomic mass is 16.3. The van der Waals surface area contributed by atoms with Gasteiger partial charge in [0.25, 0.3) is 0 Å². The summed E-state index contributed by atoms with van der Waals surface area (Å²) in [5, 5.41) is 10.9. The first-order valence-electron chi connectivity index (χ1n) is 7.79. The number of hydrogen-bond acceptors (Lipinski definition) is 5. The molecule has 2 aromatic heterocycles. The zero-order chi connectivity index (χ0) is 15.1. The van der Waals surface area contributed by atoms with Gasteiger partial charge in [-0.05, 0) is 47.7 Å². The molecule has 0 aliphatic heterocycles. The molecule has 0 aromatic carbocycles. The van der Waals surface area contributed by atoms with Gasteiger partial charge in [0.05, 0.1) is 6.54 Å². The van der Waals surface area contributed by atoms with Gasteiger partial charge in [0, 0.05) is 12.0 Å². The number of rotatable bonds is 6. The Morgan fingerprint density at radius 1 is 1.45 bits per heavy atom. The average molecular weight is 301 g/mol. The molecule has 116 valence electrons. The summed E-state index contributed by atoms with van der Waals surface area (Å²) in [4.78, 5) is 14.4. The molecule has 0 radical (unpaired) electrons. The summed E-state index contributed by atoms with van der Waals surface area (Å²) in [6, 6.07) is 4.39. The lowest BCUT2D eigenvalue weighted by molar-refractivity contribution is -0.133. The van der Waals surface area contributed by atoms with Crippen LogP contribution < -0.4 is 0 Å². The minimum absolute atomic E-state index is 0.0348. The molecule has 7 nitrogen and oxygen atoms in total. The van der Waals surface area contributed by atoms with E-state index >= 15 is 0 Å². The van der Waals surface area contributed by atoms with E-state index in [2.05, 4.69) is 28.5 Å². The molecule has 2 fully saturated rings. The van der Waals surface area contributed by atoms with Crippen molar-refractivity contribution in [3.05, 3.63) is 30.0 Å². The first-order chi connectivity index (χ1) is 10.7. The number of amides is 1. The van der Waals surface area contributed by atoms with Crippen molar-refractivity contribution in [2.24, 2.45) is 5.92 Å². The van der Waals surface area contributed by atoms with E-state index in [9.17, 15) is 4.79 Å². The number of tetrazole rings is 1. The summed E-state index contributed by atoms with van der Waals surface area (Å²) in [6.45, 7) is 2.95. The van der Waals surface area contributed by atoms with Gasteiger partial charge in [0.1, 0.15) is 24.4 Å². The van der Waals surface area contributed by atoms with Gasteiger partial charge in [-0.3, -0.25) is 4.79 Å². The number of furan rings is 1. The minimum Gasteiger partial charge on any atom is -0.464 e. The van der Waals surface area contributed by atoms with Crippen LogP contribution >= 0.6 is 0 Å². The Hall–Kier alpha value is -2.18. The van der Waals surface area contributed by atoms with Gasteiger partial charge in [0.2, 0.25) is 5.91 Å². The topological polar surface area (TPSA) is 77.1 Å². The first-order valence-corrected chi connectivity index (χ1v) is 7.79. The van der Waals surface area contributed by atoms with E-state index in [-0.39, 0.29) is 12.5 Å². The molecule has 0 unspecified atom stereocenters. The monoisotopic (exact) mass is 301 g/mol. The summed E-state index contributed by atoms with van der Waals surface area (Å²) >= 11 is 0. The van der Waals surface area contributed by atoms with Gasteiger partial charge >= 0.3 is 0 Å². The molecule has 2 aromatic rings. The van der Waals surface area contributed by atoms with Crippen LogP contribution in [0.15, 0.2) is 22.9 Å². The molecule has 2 aliphatic rings. The average Bonchev–Trinajstić information content (AvgIpc) is 3.36. The molecular weight excluding hydrogens is 282 g/mol. The second kappa shape index (κ2) is 5.23. The molecule has 2 aliphatic carbocycles. The second-order valence-corrected chi connectivity index (χ2v) is 6.38. The van der Waals surface area contributed by atoms with Crippen molar-refractivity contribution in [3.63, 3.8) is 0 Å². The van der Waals surface area contributed by atoms with E-state index in [4.69, 9.17) is 4.42 Å². The Morgan fingerprint density at radius 2 is 2.27 bits per heavy atom. The summed E-state index contributed by atoms with van der Waals surface area (Å²) < 4.78 is 7.39. The van der Waals surface area contributed by atoms with Gasteiger partial charge in [-0.1, -0.05) is 6.92 Å². The molecule has 4 rings (SSSR count). The second-order valence-electron chi connectivity index (χ2n) is 6.38. The Balaban J connectivity index is 1.43. The SMILES string of the molecule is C[C@@H]1C[C@H]1c1ccc(CN(C(=O)Cn2cnnn2)C2CC2)o1. The lowest BCUT2D eigenvalue weighted by atomic mass is 10.3. The summed E-state index contributed by atoms with van der Waals surface area (Å²) in [7, 11) is 0. The molecule has 22 heavy (non-hydrogen) atoms. The van der Waals surface area contributed by atoms with Crippen molar-refractivity contribution < 1.29 is 9.21 Å². The number of aromatic nitrogens is 4. The number of nitrogens with zero attached hydrogens (tertiary/aromatic N) is 5. The highest BCUT2D eigenvalue weighted by molar-refractivity contribution is 5.76. The number of hydrogen-bond donors (Lipinski definition) is 0. The number of carbonyl (C=O) groups excluding carboxylic acids is 1. The molecule has 7 heteroatoms. The molecule has 1 amide bonds. The molecule has 2 saturated carbocycles. The van der Waals surface area contributed by atoms with E-state index in [0.717, 1.165) is 30.3 Å². The Kier molecular flexibility index (Phi) is 3.20. The Bertz CT molecular complexity index is 661. The van der Waals surface area contributed by atoms with Gasteiger partial charge in [-0.2, -0.15) is 0 Å². The predicted octanol–water partition coefficient (Wildman–Crippen LogP) is 1.58. The van der Waals surface area contributed by atoms with E-state index in [0.29, 0.717) is 18.5 Å². The maximum absolute atomic E-state index is 12.5. The van der Waals surface area contributed by atoms with Crippen molar-refractivity contribution >= 4 is 5.91 Å². The third-order valence-corrected chi connectivity index (χ3v) is 4.48. The standard InChI is InChI=1S/C15H19N5O2/c1-10-6-13(10)14-5-4-12(22-14)7-20(11-2-3-11)15(21)8-19-9-16-17-18-19/h4-5,9-11,13H,2-3,6-8H2,1H3/t10-,13-/m1/s1. The van der Waals surface area contributed by atoms with E-state index in [1.165, 1.54) is 17.4 Å². The normalized spacial score (nSPS) is 23.5. The summed E-state index contributed by atoms with van der Waals surface area (Å²) in [5.41, 5.74) is 0. The van der Waals surface area contributed by atoms with Crippen LogP contribution in [0.5, 0.6) is 0 Å². The zero-order valence-electron chi connectivity index (χ0n) is 12.6. The fourth-order valence-corrected chi connectivity index (χ4v) is 2.85. The smallest absolute Gasteiger partial charge is 0.245 e. The van der Waals surface area contributed by atoms with Gasteiger partial charge in [-0.15, -0.1) is 5.10 Å². The summed E-state index contributed by atoms with van der Waals surface area (Å²) in [6.07, 6.45) is 4.79. The molecule has 2 atom stereocenters. The number of carbonyl (C=O) groups is 1. The largest absolute Gasteiger partial charge is 0.464 e.